The Morgan fingerprint density at radius 1 is 0.975 bits per heavy atom. The summed E-state index contributed by atoms with van der Waals surface area (Å²) >= 11 is 1.38. The highest BCUT2D eigenvalue weighted by molar-refractivity contribution is 8.00. The quantitative estimate of drug-likeness (QED) is 0.385. The van der Waals surface area contributed by atoms with Crippen LogP contribution in [0.1, 0.15) is 36.5 Å². The molecule has 0 bridgehead atoms. The summed E-state index contributed by atoms with van der Waals surface area (Å²) in [6.45, 7) is 3.79. The molecule has 0 aromatic heterocycles. The number of fused-ring (bicyclic) bond motifs is 3. The van der Waals surface area contributed by atoms with Gasteiger partial charge in [0, 0.05) is 11.7 Å². The Bertz CT molecular complexity index is 1340. The molecule has 5 rings (SSSR count). The number of ether oxygens (including phenoxy) is 2. The third-order valence-electron chi connectivity index (χ3n) is 7.47. The number of carboxylic acids is 1. The minimum atomic E-state index is -1.14. The van der Waals surface area contributed by atoms with Crippen LogP contribution in [0.2, 0.25) is 0 Å². The van der Waals surface area contributed by atoms with Gasteiger partial charge < -0.3 is 24.8 Å². The third-order valence-corrected chi connectivity index (χ3v) is 8.69. The molecule has 208 valence electrons. The van der Waals surface area contributed by atoms with Crippen molar-refractivity contribution >= 4 is 29.7 Å². The number of nitrogens with one attached hydrogen (secondary N) is 1. The van der Waals surface area contributed by atoms with Gasteiger partial charge in [0.25, 0.3) is 0 Å². The van der Waals surface area contributed by atoms with Crippen molar-refractivity contribution in [3.05, 3.63) is 95.6 Å². The molecule has 0 radical (unpaired) electrons. The standard InChI is InChI=1S/C31H32N2O6S/c1-19(38-16-21-10-4-3-5-11-21)28(29(34)33-20(2)40-18-27(33)30(35)36)32-31(37)39-17-26-24-14-8-6-12-22(24)23-13-7-9-15-25(23)26/h3-15,19-20,26-28H,16-18H2,1-2H3,(H,32,37)(H,35,36). The molecule has 0 spiro atoms. The first kappa shape index (κ1) is 27.7. The summed E-state index contributed by atoms with van der Waals surface area (Å²) in [5.41, 5.74) is 5.30. The summed E-state index contributed by atoms with van der Waals surface area (Å²) < 4.78 is 11.7. The van der Waals surface area contributed by atoms with Crippen molar-refractivity contribution in [2.75, 3.05) is 12.4 Å². The Morgan fingerprint density at radius 3 is 2.20 bits per heavy atom. The largest absolute Gasteiger partial charge is 0.480 e. The van der Waals surface area contributed by atoms with E-state index in [0.29, 0.717) is 0 Å². The van der Waals surface area contributed by atoms with Crippen molar-refractivity contribution in [1.29, 1.82) is 0 Å². The summed E-state index contributed by atoms with van der Waals surface area (Å²) in [5.74, 6) is -1.45. The van der Waals surface area contributed by atoms with Crippen LogP contribution >= 0.6 is 11.8 Å². The normalized spacial score (nSPS) is 19.4. The number of amides is 2. The van der Waals surface area contributed by atoms with Crippen molar-refractivity contribution in [3.63, 3.8) is 0 Å². The van der Waals surface area contributed by atoms with Crippen LogP contribution in [0.15, 0.2) is 78.9 Å². The minimum Gasteiger partial charge on any atom is -0.480 e. The molecule has 1 saturated heterocycles. The molecule has 40 heavy (non-hydrogen) atoms. The Morgan fingerprint density at radius 2 is 1.57 bits per heavy atom. The van der Waals surface area contributed by atoms with E-state index in [2.05, 4.69) is 17.4 Å². The average Bonchev–Trinajstić information content (AvgIpc) is 3.51. The van der Waals surface area contributed by atoms with E-state index in [4.69, 9.17) is 9.47 Å². The topological polar surface area (TPSA) is 105 Å². The van der Waals surface area contributed by atoms with Gasteiger partial charge in [-0.25, -0.2) is 9.59 Å². The molecular weight excluding hydrogens is 528 g/mol. The molecule has 4 unspecified atom stereocenters. The molecule has 0 saturated carbocycles. The fraction of sp³-hybridized carbons (Fsp3) is 0.323. The minimum absolute atomic E-state index is 0.0910. The first-order valence-corrected chi connectivity index (χ1v) is 14.3. The lowest BCUT2D eigenvalue weighted by Crippen LogP contribution is -2.58. The number of hydrogen-bond donors (Lipinski definition) is 2. The molecule has 4 atom stereocenters. The lowest BCUT2D eigenvalue weighted by atomic mass is 9.98. The van der Waals surface area contributed by atoms with Crippen molar-refractivity contribution in [2.45, 2.75) is 49.9 Å². The lowest BCUT2D eigenvalue weighted by molar-refractivity contribution is -0.151. The van der Waals surface area contributed by atoms with Crippen molar-refractivity contribution in [1.82, 2.24) is 10.2 Å². The van der Waals surface area contributed by atoms with Crippen LogP contribution in [-0.2, 0) is 25.7 Å². The molecule has 2 amide bonds. The lowest BCUT2D eigenvalue weighted by Gasteiger charge is -2.32. The van der Waals surface area contributed by atoms with Gasteiger partial charge in [0.1, 0.15) is 18.7 Å². The van der Waals surface area contributed by atoms with Gasteiger partial charge in [0.15, 0.2) is 0 Å². The first-order chi connectivity index (χ1) is 19.3. The number of thioether (sulfide) groups is 1. The molecule has 9 heteroatoms. The van der Waals surface area contributed by atoms with Crippen molar-refractivity contribution < 1.29 is 29.0 Å². The molecular formula is C31H32N2O6S. The van der Waals surface area contributed by atoms with E-state index >= 15 is 0 Å². The van der Waals surface area contributed by atoms with Gasteiger partial charge in [-0.1, -0.05) is 78.9 Å². The van der Waals surface area contributed by atoms with Gasteiger partial charge in [-0.2, -0.15) is 0 Å². The summed E-state index contributed by atoms with van der Waals surface area (Å²) in [4.78, 5) is 40.1. The predicted octanol–water partition coefficient (Wildman–Crippen LogP) is 4.87. The highest BCUT2D eigenvalue weighted by atomic mass is 32.2. The van der Waals surface area contributed by atoms with Crippen LogP contribution in [0.4, 0.5) is 4.79 Å². The Balaban J connectivity index is 1.31. The average molecular weight is 561 g/mol. The molecule has 2 N–H and O–H groups in total. The zero-order valence-electron chi connectivity index (χ0n) is 22.4. The molecule has 3 aromatic carbocycles. The number of nitrogens with zero attached hydrogens (tertiary/aromatic N) is 1. The van der Waals surface area contributed by atoms with E-state index in [0.717, 1.165) is 27.8 Å². The number of rotatable bonds is 9. The number of carbonyl (C=O) groups excluding carboxylic acids is 2. The summed E-state index contributed by atoms with van der Waals surface area (Å²) in [7, 11) is 0. The molecule has 1 heterocycles. The van der Waals surface area contributed by atoms with Crippen LogP contribution in [0.5, 0.6) is 0 Å². The van der Waals surface area contributed by atoms with E-state index in [9.17, 15) is 19.5 Å². The fourth-order valence-corrected chi connectivity index (χ4v) is 6.55. The highest BCUT2D eigenvalue weighted by Crippen LogP contribution is 2.44. The third kappa shape index (κ3) is 5.71. The molecule has 1 aliphatic heterocycles. The van der Waals surface area contributed by atoms with Crippen LogP contribution in [0.3, 0.4) is 0 Å². The fourth-order valence-electron chi connectivity index (χ4n) is 5.37. The Kier molecular flexibility index (Phi) is 8.42. The number of carbonyl (C=O) groups is 3. The molecule has 3 aromatic rings. The van der Waals surface area contributed by atoms with E-state index in [1.165, 1.54) is 16.7 Å². The van der Waals surface area contributed by atoms with Crippen molar-refractivity contribution in [3.8, 4) is 11.1 Å². The molecule has 1 aliphatic carbocycles. The van der Waals surface area contributed by atoms with Gasteiger partial charge >= 0.3 is 12.1 Å². The van der Waals surface area contributed by atoms with E-state index in [-0.39, 0.29) is 30.3 Å². The summed E-state index contributed by atoms with van der Waals surface area (Å²) in [6.07, 6.45) is -1.51. The zero-order chi connectivity index (χ0) is 28.2. The monoisotopic (exact) mass is 560 g/mol. The van der Waals surface area contributed by atoms with Gasteiger partial charge in [-0.05, 0) is 41.7 Å². The van der Waals surface area contributed by atoms with E-state index in [1.807, 2.05) is 66.7 Å². The second-order valence-corrected chi connectivity index (χ2v) is 11.3. The number of alkyl carbamates (subject to hydrolysis) is 1. The maximum atomic E-state index is 13.7. The molecule has 2 aliphatic rings. The Labute approximate surface area is 237 Å². The predicted molar refractivity (Wildman–Crippen MR) is 153 cm³/mol. The van der Waals surface area contributed by atoms with Gasteiger partial charge in [-0.3, -0.25) is 4.79 Å². The van der Waals surface area contributed by atoms with Crippen molar-refractivity contribution in [2.24, 2.45) is 0 Å². The summed E-state index contributed by atoms with van der Waals surface area (Å²) in [6, 6.07) is 23.5. The number of benzene rings is 3. The second kappa shape index (κ2) is 12.1. The molecule has 1 fully saturated rings. The van der Waals surface area contributed by atoms with Crippen LogP contribution in [0.25, 0.3) is 11.1 Å². The van der Waals surface area contributed by atoms with Gasteiger partial charge in [-0.15, -0.1) is 11.8 Å². The van der Waals surface area contributed by atoms with E-state index in [1.54, 1.807) is 13.8 Å². The van der Waals surface area contributed by atoms with Crippen LogP contribution in [-0.4, -0.2) is 63.9 Å². The number of hydrogen-bond acceptors (Lipinski definition) is 6. The maximum absolute atomic E-state index is 13.7. The van der Waals surface area contributed by atoms with Gasteiger partial charge in [0.05, 0.1) is 18.1 Å². The number of carboxylic acid groups (broad SMARTS) is 1. The van der Waals surface area contributed by atoms with Crippen LogP contribution in [0, 0.1) is 0 Å². The Hall–Kier alpha value is -3.82. The highest BCUT2D eigenvalue weighted by Gasteiger charge is 2.44. The smallest absolute Gasteiger partial charge is 0.407 e. The molecule has 8 nitrogen and oxygen atoms in total. The van der Waals surface area contributed by atoms with E-state index < -0.39 is 36.2 Å². The van der Waals surface area contributed by atoms with Gasteiger partial charge in [0.2, 0.25) is 5.91 Å². The summed E-state index contributed by atoms with van der Waals surface area (Å²) in [5, 5.41) is 12.1. The van der Waals surface area contributed by atoms with Crippen LogP contribution < -0.4 is 5.32 Å². The number of aliphatic carboxylic acids is 1. The zero-order valence-corrected chi connectivity index (χ0v) is 23.2. The second-order valence-electron chi connectivity index (χ2n) is 9.98. The first-order valence-electron chi connectivity index (χ1n) is 13.3. The SMILES string of the molecule is CC(OCc1ccccc1)C(NC(=O)OCC1c2ccccc2-c2ccccc21)C(=O)N1C(C)SCC1C(=O)O. The maximum Gasteiger partial charge on any atom is 0.407 e.